The van der Waals surface area contributed by atoms with Crippen LogP contribution in [-0.4, -0.2) is 57.8 Å². The highest BCUT2D eigenvalue weighted by atomic mass is 16.5. The molecule has 3 rings (SSSR count). The number of aliphatic hydroxyl groups excluding tert-OH is 1. The van der Waals surface area contributed by atoms with Crippen molar-refractivity contribution in [2.45, 2.75) is 19.1 Å². The molecule has 0 unspecified atom stereocenters. The number of likely N-dealkylation sites (N-methyl/N-ethyl adjacent to an activating group) is 1. The van der Waals surface area contributed by atoms with Gasteiger partial charge in [-0.05, 0) is 24.6 Å². The van der Waals surface area contributed by atoms with Crippen molar-refractivity contribution in [1.82, 2.24) is 14.9 Å². The third kappa shape index (κ3) is 3.23. The van der Waals surface area contributed by atoms with Crippen molar-refractivity contribution in [3.8, 4) is 11.1 Å². The van der Waals surface area contributed by atoms with Gasteiger partial charge >= 0.3 is 0 Å². The van der Waals surface area contributed by atoms with Crippen molar-refractivity contribution in [2.75, 3.05) is 19.8 Å². The van der Waals surface area contributed by atoms with Gasteiger partial charge in [0.05, 0.1) is 25.4 Å². The highest BCUT2D eigenvalue weighted by Crippen LogP contribution is 2.21. The fourth-order valence-electron chi connectivity index (χ4n) is 2.80. The fourth-order valence-corrected chi connectivity index (χ4v) is 2.80. The molecule has 2 heterocycles. The topological polar surface area (TPSA) is 75.6 Å². The molecule has 0 radical (unpaired) electrons. The molecule has 6 nitrogen and oxygen atoms in total. The van der Waals surface area contributed by atoms with Crippen LogP contribution in [0.5, 0.6) is 0 Å². The lowest BCUT2D eigenvalue weighted by Gasteiger charge is -2.29. The van der Waals surface area contributed by atoms with E-state index in [-0.39, 0.29) is 18.6 Å². The molecule has 0 aliphatic carbocycles. The van der Waals surface area contributed by atoms with Gasteiger partial charge in [0.1, 0.15) is 6.33 Å². The first-order valence-corrected chi connectivity index (χ1v) is 7.63. The van der Waals surface area contributed by atoms with Crippen LogP contribution in [-0.2, 0) is 4.74 Å². The van der Waals surface area contributed by atoms with E-state index in [9.17, 15) is 9.90 Å². The molecule has 0 saturated carbocycles. The Balaban J connectivity index is 1.87. The SMILES string of the molecule is CCN(C(=O)c1cccc(-c2cncnc2)c1)[C@@H]1COC[C@H]1O. The highest BCUT2D eigenvalue weighted by Gasteiger charge is 2.34. The molecule has 1 aliphatic rings. The van der Waals surface area contributed by atoms with Gasteiger partial charge in [-0.25, -0.2) is 9.97 Å². The largest absolute Gasteiger partial charge is 0.388 e. The predicted molar refractivity (Wildman–Crippen MR) is 84.8 cm³/mol. The number of amides is 1. The maximum atomic E-state index is 12.8. The molecule has 0 spiro atoms. The molecule has 23 heavy (non-hydrogen) atoms. The Labute approximate surface area is 134 Å². The molecule has 1 N–H and O–H groups in total. The van der Waals surface area contributed by atoms with Crippen LogP contribution in [0.2, 0.25) is 0 Å². The van der Waals surface area contributed by atoms with Crippen LogP contribution in [0.25, 0.3) is 11.1 Å². The van der Waals surface area contributed by atoms with Crippen LogP contribution in [0.4, 0.5) is 0 Å². The van der Waals surface area contributed by atoms with E-state index in [1.54, 1.807) is 23.4 Å². The highest BCUT2D eigenvalue weighted by molar-refractivity contribution is 5.95. The Kier molecular flexibility index (Phi) is 4.64. The van der Waals surface area contributed by atoms with Crippen LogP contribution >= 0.6 is 0 Å². The van der Waals surface area contributed by atoms with Crippen molar-refractivity contribution in [3.63, 3.8) is 0 Å². The number of ether oxygens (including phenoxy) is 1. The summed E-state index contributed by atoms with van der Waals surface area (Å²) in [6, 6.07) is 7.06. The van der Waals surface area contributed by atoms with Crippen LogP contribution in [0.15, 0.2) is 43.0 Å². The lowest BCUT2D eigenvalue weighted by molar-refractivity contribution is 0.0520. The molecule has 1 fully saturated rings. The summed E-state index contributed by atoms with van der Waals surface area (Å²) < 4.78 is 5.27. The summed E-state index contributed by atoms with van der Waals surface area (Å²) in [5, 5.41) is 9.98. The Morgan fingerprint density at radius 1 is 1.30 bits per heavy atom. The third-order valence-electron chi connectivity index (χ3n) is 4.03. The number of hydrogen-bond donors (Lipinski definition) is 1. The Morgan fingerprint density at radius 3 is 2.74 bits per heavy atom. The van der Waals surface area contributed by atoms with Crippen molar-refractivity contribution < 1.29 is 14.6 Å². The second-order valence-corrected chi connectivity index (χ2v) is 5.47. The van der Waals surface area contributed by atoms with Crippen LogP contribution in [0.3, 0.4) is 0 Å². The second kappa shape index (κ2) is 6.85. The zero-order valence-electron chi connectivity index (χ0n) is 12.9. The van der Waals surface area contributed by atoms with Crippen molar-refractivity contribution in [1.29, 1.82) is 0 Å². The van der Waals surface area contributed by atoms with Gasteiger partial charge in [-0.1, -0.05) is 12.1 Å². The van der Waals surface area contributed by atoms with E-state index in [0.29, 0.717) is 18.7 Å². The monoisotopic (exact) mass is 313 g/mol. The van der Waals surface area contributed by atoms with Crippen LogP contribution in [0, 0.1) is 0 Å². The summed E-state index contributed by atoms with van der Waals surface area (Å²) in [6.07, 6.45) is 4.26. The lowest BCUT2D eigenvalue weighted by atomic mass is 10.0. The van der Waals surface area contributed by atoms with E-state index in [1.807, 2.05) is 25.1 Å². The Bertz CT molecular complexity index is 678. The molecule has 2 atom stereocenters. The molecule has 2 aromatic rings. The van der Waals surface area contributed by atoms with Crippen molar-refractivity contribution >= 4 is 5.91 Å². The minimum atomic E-state index is -0.635. The summed E-state index contributed by atoms with van der Waals surface area (Å²) in [6.45, 7) is 3.06. The van der Waals surface area contributed by atoms with E-state index in [1.165, 1.54) is 6.33 Å². The van der Waals surface area contributed by atoms with Crippen molar-refractivity contribution in [3.05, 3.63) is 48.5 Å². The number of hydrogen-bond acceptors (Lipinski definition) is 5. The minimum Gasteiger partial charge on any atom is -0.388 e. The van der Waals surface area contributed by atoms with Crippen molar-refractivity contribution in [2.24, 2.45) is 0 Å². The summed E-state index contributed by atoms with van der Waals surface area (Å²) >= 11 is 0. The Morgan fingerprint density at radius 2 is 2.09 bits per heavy atom. The van der Waals surface area contributed by atoms with E-state index in [0.717, 1.165) is 11.1 Å². The third-order valence-corrected chi connectivity index (χ3v) is 4.03. The molecule has 1 amide bonds. The number of aromatic nitrogens is 2. The van der Waals surface area contributed by atoms with Gasteiger partial charge in [0.15, 0.2) is 0 Å². The molecule has 1 aromatic heterocycles. The number of nitrogens with zero attached hydrogens (tertiary/aromatic N) is 3. The van der Waals surface area contributed by atoms with E-state index in [4.69, 9.17) is 4.74 Å². The smallest absolute Gasteiger partial charge is 0.254 e. The Hall–Kier alpha value is -2.31. The summed E-state index contributed by atoms with van der Waals surface area (Å²) in [5.41, 5.74) is 2.32. The molecule has 0 bridgehead atoms. The molecule has 1 aliphatic heterocycles. The standard InChI is InChI=1S/C17H19N3O3/c1-2-20(15-9-23-10-16(15)21)17(22)13-5-3-4-12(6-13)14-7-18-11-19-8-14/h3-8,11,15-16,21H,2,9-10H2,1H3/t15-,16-/m1/s1. The molecular weight excluding hydrogens is 294 g/mol. The summed E-state index contributed by atoms with van der Waals surface area (Å²) in [7, 11) is 0. The van der Waals surface area contributed by atoms with Gasteiger partial charge in [0.25, 0.3) is 5.91 Å². The number of carbonyl (C=O) groups excluding carboxylic acids is 1. The molecular formula is C17H19N3O3. The van der Waals surface area contributed by atoms with Gasteiger partial charge in [-0.2, -0.15) is 0 Å². The van der Waals surface area contributed by atoms with Gasteiger partial charge in [0.2, 0.25) is 0 Å². The molecule has 6 heteroatoms. The van der Waals surface area contributed by atoms with Gasteiger partial charge in [-0.15, -0.1) is 0 Å². The fraction of sp³-hybridized carbons (Fsp3) is 0.353. The number of benzene rings is 1. The molecule has 1 saturated heterocycles. The number of carbonyl (C=O) groups is 1. The maximum absolute atomic E-state index is 12.8. The van der Waals surface area contributed by atoms with Crippen LogP contribution in [0.1, 0.15) is 17.3 Å². The van der Waals surface area contributed by atoms with Gasteiger partial charge in [0, 0.05) is 30.1 Å². The zero-order chi connectivity index (χ0) is 16.2. The first-order valence-electron chi connectivity index (χ1n) is 7.63. The predicted octanol–water partition coefficient (Wildman–Crippen LogP) is 1.37. The average molecular weight is 313 g/mol. The lowest BCUT2D eigenvalue weighted by Crippen LogP contribution is -2.46. The quantitative estimate of drug-likeness (QED) is 0.922. The maximum Gasteiger partial charge on any atom is 0.254 e. The molecule has 1 aromatic carbocycles. The van der Waals surface area contributed by atoms with Crippen LogP contribution < -0.4 is 0 Å². The van der Waals surface area contributed by atoms with Gasteiger partial charge in [-0.3, -0.25) is 4.79 Å². The van der Waals surface area contributed by atoms with Gasteiger partial charge < -0.3 is 14.7 Å². The summed E-state index contributed by atoms with van der Waals surface area (Å²) in [4.78, 5) is 22.5. The normalized spacial score (nSPS) is 20.4. The number of rotatable bonds is 4. The van der Waals surface area contributed by atoms with E-state index in [2.05, 4.69) is 9.97 Å². The second-order valence-electron chi connectivity index (χ2n) is 5.47. The first-order chi connectivity index (χ1) is 11.2. The minimum absolute atomic E-state index is 0.110. The first kappa shape index (κ1) is 15.6. The summed E-state index contributed by atoms with van der Waals surface area (Å²) in [5.74, 6) is -0.110. The van der Waals surface area contributed by atoms with E-state index >= 15 is 0 Å². The van der Waals surface area contributed by atoms with E-state index < -0.39 is 6.10 Å². The zero-order valence-corrected chi connectivity index (χ0v) is 12.9. The number of aliphatic hydroxyl groups is 1. The molecule has 120 valence electrons. The average Bonchev–Trinajstić information content (AvgIpc) is 3.02.